The summed E-state index contributed by atoms with van der Waals surface area (Å²) in [5.74, 6) is 0. The third-order valence-electron chi connectivity index (χ3n) is 4.64. The van der Waals surface area contributed by atoms with Gasteiger partial charge in [0.15, 0.2) is 0 Å². The molecule has 0 bridgehead atoms. The number of carbonyl (C=O) groups excluding carboxylic acids is 1. The fraction of sp³-hybridized carbons (Fsp3) is 0.450. The highest BCUT2D eigenvalue weighted by Gasteiger charge is 2.41. The first kappa shape index (κ1) is 17.7. The molecule has 3 rings (SSSR count). The molecule has 0 aliphatic carbocycles. The molecule has 1 heterocycles. The van der Waals surface area contributed by atoms with Crippen LogP contribution in [0.2, 0.25) is 0 Å². The van der Waals surface area contributed by atoms with Crippen LogP contribution in [-0.4, -0.2) is 35.1 Å². The highest BCUT2D eigenvalue weighted by Crippen LogP contribution is 2.33. The smallest absolute Gasteiger partial charge is 0.412 e. The fourth-order valence-corrected chi connectivity index (χ4v) is 2.86. The van der Waals surface area contributed by atoms with Gasteiger partial charge in [0, 0.05) is 5.39 Å². The zero-order valence-corrected chi connectivity index (χ0v) is 14.9. The second-order valence-corrected chi connectivity index (χ2v) is 7.48. The van der Waals surface area contributed by atoms with Gasteiger partial charge in [-0.25, -0.2) is 4.79 Å². The van der Waals surface area contributed by atoms with Gasteiger partial charge < -0.3 is 14.6 Å². The lowest BCUT2D eigenvalue weighted by Gasteiger charge is -2.29. The van der Waals surface area contributed by atoms with Crippen LogP contribution in [0.1, 0.15) is 33.6 Å². The summed E-state index contributed by atoms with van der Waals surface area (Å²) in [7, 11) is 0. The first-order valence-corrected chi connectivity index (χ1v) is 8.59. The van der Waals surface area contributed by atoms with E-state index in [1.54, 1.807) is 13.8 Å². The van der Waals surface area contributed by atoms with Crippen molar-refractivity contribution in [2.75, 3.05) is 11.9 Å². The van der Waals surface area contributed by atoms with Gasteiger partial charge >= 0.3 is 6.09 Å². The van der Waals surface area contributed by atoms with Crippen LogP contribution in [0.25, 0.3) is 10.8 Å². The fourth-order valence-electron chi connectivity index (χ4n) is 2.86. The van der Waals surface area contributed by atoms with E-state index in [9.17, 15) is 9.90 Å². The van der Waals surface area contributed by atoms with Crippen LogP contribution in [0.15, 0.2) is 42.5 Å². The summed E-state index contributed by atoms with van der Waals surface area (Å²) in [5.41, 5.74) is -0.574. The quantitative estimate of drug-likeness (QED) is 0.775. The largest absolute Gasteiger partial charge is 0.443 e. The number of carbonyl (C=O) groups is 1. The molecular formula is C20H25NO4. The minimum atomic E-state index is -1.12. The highest BCUT2D eigenvalue weighted by atomic mass is 16.6. The molecule has 5 heteroatoms. The van der Waals surface area contributed by atoms with Crippen molar-refractivity contribution in [3.8, 4) is 0 Å². The number of fused-ring (bicyclic) bond motifs is 1. The molecule has 1 aliphatic heterocycles. The van der Waals surface area contributed by atoms with Crippen LogP contribution in [0, 0.1) is 0 Å². The number of benzene rings is 2. The Morgan fingerprint density at radius 3 is 2.68 bits per heavy atom. The molecule has 1 fully saturated rings. The van der Waals surface area contributed by atoms with Crippen LogP contribution in [0.3, 0.4) is 0 Å². The van der Waals surface area contributed by atoms with E-state index in [1.807, 2.05) is 49.4 Å². The minimum Gasteiger partial charge on any atom is -0.443 e. The van der Waals surface area contributed by atoms with Crippen molar-refractivity contribution in [2.24, 2.45) is 0 Å². The van der Waals surface area contributed by atoms with Crippen molar-refractivity contribution in [1.82, 2.24) is 0 Å². The van der Waals surface area contributed by atoms with Gasteiger partial charge in [-0.15, -0.1) is 0 Å². The SMILES string of the molecule is CC(C)(O)[C@H](CC[C@]1(C)CO1)OC(=O)Nc1cccc2ccccc12. The molecule has 0 saturated carbocycles. The van der Waals surface area contributed by atoms with Crippen LogP contribution in [-0.2, 0) is 9.47 Å². The molecule has 0 unspecified atom stereocenters. The lowest BCUT2D eigenvalue weighted by molar-refractivity contribution is -0.0576. The Hall–Kier alpha value is -2.11. The van der Waals surface area contributed by atoms with Gasteiger partial charge in [0.1, 0.15) is 6.10 Å². The average Bonchev–Trinajstić information content (AvgIpc) is 3.28. The molecule has 25 heavy (non-hydrogen) atoms. The molecule has 0 radical (unpaired) electrons. The van der Waals surface area contributed by atoms with Crippen molar-refractivity contribution in [1.29, 1.82) is 0 Å². The normalized spacial score (nSPS) is 21.0. The zero-order chi connectivity index (χ0) is 18.1. The maximum absolute atomic E-state index is 12.4. The van der Waals surface area contributed by atoms with E-state index in [0.29, 0.717) is 18.7 Å². The van der Waals surface area contributed by atoms with Gasteiger partial charge in [-0.1, -0.05) is 36.4 Å². The van der Waals surface area contributed by atoms with E-state index in [1.165, 1.54) is 0 Å². The summed E-state index contributed by atoms with van der Waals surface area (Å²) in [6.45, 7) is 6.04. The van der Waals surface area contributed by atoms with Crippen LogP contribution in [0.4, 0.5) is 10.5 Å². The Kier molecular flexibility index (Phi) is 4.71. The van der Waals surface area contributed by atoms with E-state index < -0.39 is 17.8 Å². The van der Waals surface area contributed by atoms with E-state index in [4.69, 9.17) is 9.47 Å². The number of ether oxygens (including phenoxy) is 2. The Bertz CT molecular complexity index is 756. The standard InChI is InChI=1S/C20H25NO4/c1-19(2,23)17(11-12-20(3)13-24-20)25-18(22)21-16-10-6-8-14-7-4-5-9-15(14)16/h4-10,17,23H,11-13H2,1-3H3,(H,21,22)/t17-,20+/m0/s1. The van der Waals surface area contributed by atoms with E-state index >= 15 is 0 Å². The number of rotatable bonds is 6. The average molecular weight is 343 g/mol. The lowest BCUT2D eigenvalue weighted by Crippen LogP contribution is -2.41. The first-order chi connectivity index (χ1) is 11.8. The summed E-state index contributed by atoms with van der Waals surface area (Å²) < 4.78 is 10.9. The van der Waals surface area contributed by atoms with Crippen molar-refractivity contribution < 1.29 is 19.4 Å². The van der Waals surface area contributed by atoms with Gasteiger partial charge in [0.25, 0.3) is 0 Å². The van der Waals surface area contributed by atoms with Crippen molar-refractivity contribution in [2.45, 2.75) is 50.9 Å². The molecular weight excluding hydrogens is 318 g/mol. The molecule has 5 nitrogen and oxygen atoms in total. The van der Waals surface area contributed by atoms with E-state index in [0.717, 1.165) is 17.2 Å². The summed E-state index contributed by atoms with van der Waals surface area (Å²) in [6.07, 6.45) is 0.112. The number of epoxide rings is 1. The van der Waals surface area contributed by atoms with E-state index in [2.05, 4.69) is 5.32 Å². The Morgan fingerprint density at radius 2 is 2.00 bits per heavy atom. The van der Waals surface area contributed by atoms with Gasteiger partial charge in [0.05, 0.1) is 23.5 Å². The highest BCUT2D eigenvalue weighted by molar-refractivity contribution is 6.00. The van der Waals surface area contributed by atoms with Crippen LogP contribution < -0.4 is 5.32 Å². The van der Waals surface area contributed by atoms with Gasteiger partial charge in [-0.05, 0) is 45.1 Å². The minimum absolute atomic E-state index is 0.140. The number of amides is 1. The molecule has 2 atom stereocenters. The third-order valence-corrected chi connectivity index (χ3v) is 4.64. The second-order valence-electron chi connectivity index (χ2n) is 7.48. The van der Waals surface area contributed by atoms with Gasteiger partial charge in [-0.3, -0.25) is 5.32 Å². The molecule has 134 valence electrons. The second kappa shape index (κ2) is 6.65. The molecule has 2 N–H and O–H groups in total. The maximum Gasteiger partial charge on any atom is 0.412 e. The summed E-state index contributed by atoms with van der Waals surface area (Å²) >= 11 is 0. The lowest BCUT2D eigenvalue weighted by atomic mass is 9.94. The van der Waals surface area contributed by atoms with Gasteiger partial charge in [0.2, 0.25) is 0 Å². The van der Waals surface area contributed by atoms with Gasteiger partial charge in [-0.2, -0.15) is 0 Å². The number of hydrogen-bond donors (Lipinski definition) is 2. The first-order valence-electron chi connectivity index (χ1n) is 8.59. The molecule has 1 aliphatic rings. The molecule has 2 aromatic rings. The van der Waals surface area contributed by atoms with Crippen molar-refractivity contribution >= 4 is 22.6 Å². The molecule has 0 spiro atoms. The predicted octanol–water partition coefficient (Wildman–Crippen LogP) is 4.10. The molecule has 1 saturated heterocycles. The van der Waals surface area contributed by atoms with Crippen molar-refractivity contribution in [3.05, 3.63) is 42.5 Å². The van der Waals surface area contributed by atoms with Crippen LogP contribution in [0.5, 0.6) is 0 Å². The van der Waals surface area contributed by atoms with E-state index in [-0.39, 0.29) is 5.60 Å². The third kappa shape index (κ3) is 4.50. The zero-order valence-electron chi connectivity index (χ0n) is 14.9. The molecule has 0 aromatic heterocycles. The Labute approximate surface area is 147 Å². The molecule has 2 aromatic carbocycles. The maximum atomic E-state index is 12.4. The number of nitrogens with one attached hydrogen (secondary N) is 1. The van der Waals surface area contributed by atoms with Crippen molar-refractivity contribution in [3.63, 3.8) is 0 Å². The number of hydrogen-bond acceptors (Lipinski definition) is 4. The van der Waals surface area contributed by atoms with Crippen LogP contribution >= 0.6 is 0 Å². The summed E-state index contributed by atoms with van der Waals surface area (Å²) in [4.78, 5) is 12.4. The Morgan fingerprint density at radius 1 is 1.32 bits per heavy atom. The summed E-state index contributed by atoms with van der Waals surface area (Å²) in [5, 5.41) is 15.1. The monoisotopic (exact) mass is 343 g/mol. The number of anilines is 1. The number of aliphatic hydroxyl groups is 1. The topological polar surface area (TPSA) is 71.1 Å². The Balaban J connectivity index is 1.68. The predicted molar refractivity (Wildman–Crippen MR) is 97.7 cm³/mol. The molecule has 1 amide bonds. The summed E-state index contributed by atoms with van der Waals surface area (Å²) in [6, 6.07) is 13.5.